The van der Waals surface area contributed by atoms with E-state index in [4.69, 9.17) is 0 Å². The van der Waals surface area contributed by atoms with E-state index in [1.807, 2.05) is 32.0 Å². The Kier molecular flexibility index (Phi) is 8.28. The van der Waals surface area contributed by atoms with Crippen LogP contribution in [0.25, 0.3) is 0 Å². The van der Waals surface area contributed by atoms with E-state index < -0.39 is 10.0 Å². The molecule has 12 heteroatoms. The molecule has 0 radical (unpaired) electrons. The van der Waals surface area contributed by atoms with Crippen LogP contribution in [0.15, 0.2) is 46.8 Å². The fourth-order valence-electron chi connectivity index (χ4n) is 3.16. The maximum atomic E-state index is 12.6. The van der Waals surface area contributed by atoms with Crippen molar-refractivity contribution in [1.29, 1.82) is 0 Å². The van der Waals surface area contributed by atoms with E-state index in [9.17, 15) is 18.0 Å². The van der Waals surface area contributed by atoms with Gasteiger partial charge in [0.2, 0.25) is 15.2 Å². The molecule has 3 rings (SSSR count). The molecule has 1 amide bonds. The molecule has 1 heterocycles. The number of aryl methyl sites for hydroxylation is 2. The van der Waals surface area contributed by atoms with Gasteiger partial charge in [0, 0.05) is 5.56 Å². The van der Waals surface area contributed by atoms with Crippen molar-refractivity contribution < 1.29 is 22.7 Å². The fourth-order valence-corrected chi connectivity index (χ4v) is 5.74. The predicted octanol–water partition coefficient (Wildman–Crippen LogP) is 3.64. The minimum Gasteiger partial charge on any atom is -0.468 e. The second kappa shape index (κ2) is 11.0. The summed E-state index contributed by atoms with van der Waals surface area (Å²) in [5.41, 5.74) is 3.51. The first-order valence-electron chi connectivity index (χ1n) is 10.1. The Hall–Kier alpha value is -2.96. The average molecular weight is 521 g/mol. The lowest BCUT2D eigenvalue weighted by atomic mass is 10.1. The summed E-state index contributed by atoms with van der Waals surface area (Å²) in [5, 5.41) is 10.8. The van der Waals surface area contributed by atoms with Gasteiger partial charge in [0.25, 0.3) is 5.91 Å². The van der Waals surface area contributed by atoms with E-state index in [0.717, 1.165) is 28.0 Å². The largest absolute Gasteiger partial charge is 0.468 e. The summed E-state index contributed by atoms with van der Waals surface area (Å²) < 4.78 is 31.6. The van der Waals surface area contributed by atoms with Crippen LogP contribution in [0, 0.1) is 13.8 Å². The number of hydrogen-bond acceptors (Lipinski definition) is 9. The number of sulfonamides is 1. The number of aromatic nitrogens is 2. The summed E-state index contributed by atoms with van der Waals surface area (Å²) in [7, 11) is -2.22. The first kappa shape index (κ1) is 25.7. The number of thioether (sulfide) groups is 1. The lowest BCUT2D eigenvalue weighted by molar-refractivity contribution is -0.137. The third kappa shape index (κ3) is 6.55. The predicted molar refractivity (Wildman–Crippen MR) is 134 cm³/mol. The molecule has 0 aliphatic carbocycles. The minimum absolute atomic E-state index is 0.104. The number of carbonyl (C=O) groups is 2. The molecule has 180 valence electrons. The van der Waals surface area contributed by atoms with E-state index in [1.54, 1.807) is 24.3 Å². The molecule has 0 atom stereocenters. The number of ether oxygens (including phenoxy) is 1. The topological polar surface area (TPSA) is 119 Å². The number of para-hydroxylation sites is 1. The van der Waals surface area contributed by atoms with Crippen molar-refractivity contribution in [1.82, 2.24) is 10.2 Å². The fraction of sp³-hybridized carbons (Fsp3) is 0.273. The standard InChI is InChI=1S/C22H24N4O5S3/c1-14-6-5-7-15(2)19(14)26(34(4,29)30)12-16-8-10-17(11-9-16)20(28)23-21-24-25-22(33-21)32-13-18(27)31-3/h5-11H,12-13H2,1-4H3,(H,23,24,28). The highest BCUT2D eigenvalue weighted by Gasteiger charge is 2.21. The Morgan fingerprint density at radius 1 is 1.09 bits per heavy atom. The molecule has 0 fully saturated rings. The van der Waals surface area contributed by atoms with Gasteiger partial charge in [0.15, 0.2) is 4.34 Å². The Labute approximate surface area is 206 Å². The molecule has 9 nitrogen and oxygen atoms in total. The minimum atomic E-state index is -3.53. The van der Waals surface area contributed by atoms with Crippen molar-refractivity contribution in [2.45, 2.75) is 24.7 Å². The zero-order chi connectivity index (χ0) is 24.9. The smallest absolute Gasteiger partial charge is 0.316 e. The third-order valence-electron chi connectivity index (χ3n) is 4.80. The van der Waals surface area contributed by atoms with Crippen LogP contribution in [0.1, 0.15) is 27.0 Å². The van der Waals surface area contributed by atoms with Gasteiger partial charge < -0.3 is 4.74 Å². The van der Waals surface area contributed by atoms with Crippen LogP contribution >= 0.6 is 23.1 Å². The summed E-state index contributed by atoms with van der Waals surface area (Å²) in [4.78, 5) is 23.8. The van der Waals surface area contributed by atoms with E-state index in [1.165, 1.54) is 29.4 Å². The number of hydrogen-bond donors (Lipinski definition) is 1. The van der Waals surface area contributed by atoms with Crippen molar-refractivity contribution in [3.63, 3.8) is 0 Å². The summed E-state index contributed by atoms with van der Waals surface area (Å²) in [6.07, 6.45) is 1.18. The maximum Gasteiger partial charge on any atom is 0.316 e. The van der Waals surface area contributed by atoms with Crippen LogP contribution in [0.5, 0.6) is 0 Å². The first-order chi connectivity index (χ1) is 16.1. The van der Waals surface area contributed by atoms with Crippen LogP contribution in [-0.4, -0.2) is 49.6 Å². The van der Waals surface area contributed by atoms with Gasteiger partial charge in [-0.3, -0.25) is 19.2 Å². The molecular formula is C22H24N4O5S3. The lowest BCUT2D eigenvalue weighted by Crippen LogP contribution is -2.30. The molecule has 0 aliphatic heterocycles. The highest BCUT2D eigenvalue weighted by Crippen LogP contribution is 2.29. The van der Waals surface area contributed by atoms with Crippen molar-refractivity contribution in [2.75, 3.05) is 28.7 Å². The van der Waals surface area contributed by atoms with Crippen LogP contribution < -0.4 is 9.62 Å². The molecule has 1 N–H and O–H groups in total. The number of nitrogens with zero attached hydrogens (tertiary/aromatic N) is 3. The molecule has 0 aliphatic rings. The normalized spacial score (nSPS) is 11.2. The summed E-state index contributed by atoms with van der Waals surface area (Å²) in [6, 6.07) is 12.3. The van der Waals surface area contributed by atoms with Crippen molar-refractivity contribution >= 4 is 55.8 Å². The number of anilines is 2. The van der Waals surface area contributed by atoms with Gasteiger partial charge in [-0.15, -0.1) is 10.2 Å². The van der Waals surface area contributed by atoms with Crippen LogP contribution in [-0.2, 0) is 26.1 Å². The molecule has 1 aromatic heterocycles. The molecule has 0 bridgehead atoms. The summed E-state index contributed by atoms with van der Waals surface area (Å²) >= 11 is 2.32. The van der Waals surface area contributed by atoms with Crippen LogP contribution in [0.4, 0.5) is 10.8 Å². The van der Waals surface area contributed by atoms with Gasteiger partial charge in [-0.05, 0) is 42.7 Å². The highest BCUT2D eigenvalue weighted by molar-refractivity contribution is 8.01. The van der Waals surface area contributed by atoms with E-state index in [0.29, 0.717) is 20.7 Å². The average Bonchev–Trinajstić information content (AvgIpc) is 3.23. The number of amides is 1. The highest BCUT2D eigenvalue weighted by atomic mass is 32.2. The van der Waals surface area contributed by atoms with Crippen LogP contribution in [0.3, 0.4) is 0 Å². The maximum absolute atomic E-state index is 12.6. The second-order valence-electron chi connectivity index (χ2n) is 7.40. The van der Waals surface area contributed by atoms with Crippen molar-refractivity contribution in [2.24, 2.45) is 0 Å². The molecular weight excluding hydrogens is 496 g/mol. The Morgan fingerprint density at radius 2 is 1.74 bits per heavy atom. The molecule has 34 heavy (non-hydrogen) atoms. The molecule has 0 unspecified atom stereocenters. The van der Waals surface area contributed by atoms with Crippen molar-refractivity contribution in [3.05, 3.63) is 64.7 Å². The van der Waals surface area contributed by atoms with Gasteiger partial charge in [0.1, 0.15) is 0 Å². The third-order valence-corrected chi connectivity index (χ3v) is 7.86. The Bertz CT molecular complexity index is 1270. The van der Waals surface area contributed by atoms with Gasteiger partial charge in [-0.2, -0.15) is 0 Å². The summed E-state index contributed by atoms with van der Waals surface area (Å²) in [5.74, 6) is -0.646. The van der Waals surface area contributed by atoms with Gasteiger partial charge >= 0.3 is 5.97 Å². The Balaban J connectivity index is 1.70. The van der Waals surface area contributed by atoms with Crippen molar-refractivity contribution in [3.8, 4) is 0 Å². The van der Waals surface area contributed by atoms with Gasteiger partial charge in [-0.25, -0.2) is 8.42 Å². The SMILES string of the molecule is COC(=O)CSc1nnc(NC(=O)c2ccc(CN(c3c(C)cccc3C)S(C)(=O)=O)cc2)s1. The first-order valence-corrected chi connectivity index (χ1v) is 13.7. The van der Waals surface area contributed by atoms with Crippen LogP contribution in [0.2, 0.25) is 0 Å². The Morgan fingerprint density at radius 3 is 2.32 bits per heavy atom. The molecule has 0 saturated heterocycles. The van der Waals surface area contributed by atoms with E-state index in [-0.39, 0.29) is 24.2 Å². The molecule has 0 spiro atoms. The number of nitrogens with one attached hydrogen (secondary N) is 1. The summed E-state index contributed by atoms with van der Waals surface area (Å²) in [6.45, 7) is 3.89. The number of carbonyl (C=O) groups excluding carboxylic acids is 2. The number of esters is 1. The molecule has 2 aromatic carbocycles. The van der Waals surface area contributed by atoms with E-state index >= 15 is 0 Å². The van der Waals surface area contributed by atoms with Gasteiger partial charge in [-0.1, -0.05) is 53.4 Å². The monoisotopic (exact) mass is 520 g/mol. The second-order valence-corrected chi connectivity index (χ2v) is 11.5. The number of benzene rings is 2. The zero-order valence-corrected chi connectivity index (χ0v) is 21.5. The van der Waals surface area contributed by atoms with E-state index in [2.05, 4.69) is 20.3 Å². The van der Waals surface area contributed by atoms with Gasteiger partial charge in [0.05, 0.1) is 31.4 Å². The lowest BCUT2D eigenvalue weighted by Gasteiger charge is -2.26. The zero-order valence-electron chi connectivity index (χ0n) is 19.1. The quantitative estimate of drug-likeness (QED) is 0.258. The molecule has 3 aromatic rings. The molecule has 0 saturated carbocycles. The number of rotatable bonds is 9. The number of methoxy groups -OCH3 is 1.